The van der Waals surface area contributed by atoms with Crippen LogP contribution in [0.5, 0.6) is 0 Å². The highest BCUT2D eigenvalue weighted by atomic mass is 16.8. The van der Waals surface area contributed by atoms with Crippen molar-refractivity contribution in [2.75, 3.05) is 13.2 Å². The lowest BCUT2D eigenvalue weighted by molar-refractivity contribution is -0.224. The quantitative estimate of drug-likeness (QED) is 0.0813. The van der Waals surface area contributed by atoms with Crippen LogP contribution >= 0.6 is 0 Å². The fourth-order valence-electron chi connectivity index (χ4n) is 12.5. The van der Waals surface area contributed by atoms with E-state index in [0.717, 1.165) is 74.5 Å². The SMILES string of the molecule is CCCCCC1(CCCCC)O[C@@H]2[C@H](O1)[C@H]1ON(Cc3cccc(C=C4CCC5O[C@]5(C)CC[C@@H]5[C@@H]4CC5(C)C)c3)[C@@H]3C(=O)O[C@@H]2C[C@]13C(=O)NCc1cccc(C(=O)NCCO)c1. The van der Waals surface area contributed by atoms with Gasteiger partial charge in [0.15, 0.2) is 11.8 Å². The van der Waals surface area contributed by atoms with Gasteiger partial charge in [0, 0.05) is 37.9 Å². The number of esters is 1. The van der Waals surface area contributed by atoms with E-state index in [-0.39, 0.29) is 50.1 Å². The summed E-state index contributed by atoms with van der Waals surface area (Å²) in [4.78, 5) is 49.3. The molecule has 4 saturated heterocycles. The number of hydroxylamine groups is 2. The molecule has 2 aromatic rings. The van der Waals surface area contributed by atoms with Crippen LogP contribution in [0.3, 0.4) is 0 Å². The van der Waals surface area contributed by atoms with Crippen molar-refractivity contribution in [2.24, 2.45) is 22.7 Å². The number of epoxide rings is 1. The summed E-state index contributed by atoms with van der Waals surface area (Å²) in [6.45, 7) is 11.9. The molecule has 348 valence electrons. The molecular formula is C52H71N3O9. The smallest absolute Gasteiger partial charge is 0.327 e. The molecule has 3 aliphatic carbocycles. The highest BCUT2D eigenvalue weighted by molar-refractivity contribution is 5.95. The van der Waals surface area contributed by atoms with E-state index >= 15 is 4.79 Å². The largest absolute Gasteiger partial charge is 0.458 e. The number of unbranched alkanes of at least 4 members (excludes halogenated alkanes) is 4. The molecule has 3 N–H and O–H groups in total. The van der Waals surface area contributed by atoms with Crippen LogP contribution in [0.25, 0.3) is 6.08 Å². The highest BCUT2D eigenvalue weighted by Crippen LogP contribution is 2.61. The summed E-state index contributed by atoms with van der Waals surface area (Å²) in [6.07, 6.45) is 13.4. The van der Waals surface area contributed by atoms with Crippen molar-refractivity contribution in [2.45, 2.75) is 186 Å². The first-order valence-corrected chi connectivity index (χ1v) is 24.5. The molecule has 2 bridgehead atoms. The molecule has 0 radical (unpaired) electrons. The molecule has 4 heterocycles. The van der Waals surface area contributed by atoms with Gasteiger partial charge in [-0.2, -0.15) is 5.06 Å². The van der Waals surface area contributed by atoms with Crippen LogP contribution in [0.15, 0.2) is 54.1 Å². The number of hydrogen-bond acceptors (Lipinski definition) is 10. The lowest BCUT2D eigenvalue weighted by Crippen LogP contribution is -2.69. The van der Waals surface area contributed by atoms with E-state index in [9.17, 15) is 14.7 Å². The second-order valence-electron chi connectivity index (χ2n) is 20.9. The van der Waals surface area contributed by atoms with Gasteiger partial charge in [-0.15, -0.1) is 0 Å². The monoisotopic (exact) mass is 882 g/mol. The third-order valence-corrected chi connectivity index (χ3v) is 16.1. The van der Waals surface area contributed by atoms with Gasteiger partial charge in [0.05, 0.1) is 24.9 Å². The van der Waals surface area contributed by atoms with Gasteiger partial charge in [0.2, 0.25) is 5.91 Å². The fourth-order valence-corrected chi connectivity index (χ4v) is 12.5. The molecular weight excluding hydrogens is 811 g/mol. The normalized spacial score (nSPS) is 34.8. The number of aliphatic hydroxyl groups excluding tert-OH is 1. The van der Waals surface area contributed by atoms with Crippen LogP contribution in [-0.2, 0) is 46.5 Å². The third kappa shape index (κ3) is 8.60. The van der Waals surface area contributed by atoms with Gasteiger partial charge in [-0.25, -0.2) is 0 Å². The number of ether oxygens (including phenoxy) is 4. The Kier molecular flexibility index (Phi) is 12.9. The summed E-state index contributed by atoms with van der Waals surface area (Å²) in [5, 5.41) is 16.8. The summed E-state index contributed by atoms with van der Waals surface area (Å²) < 4.78 is 26.6. The molecule has 3 saturated carbocycles. The summed E-state index contributed by atoms with van der Waals surface area (Å²) in [6, 6.07) is 14.5. The first-order chi connectivity index (χ1) is 30.8. The van der Waals surface area contributed by atoms with Gasteiger partial charge in [-0.3, -0.25) is 19.2 Å². The summed E-state index contributed by atoms with van der Waals surface area (Å²) in [7, 11) is 0. The summed E-state index contributed by atoms with van der Waals surface area (Å²) >= 11 is 0. The number of benzene rings is 2. The van der Waals surface area contributed by atoms with Gasteiger partial charge in [0.1, 0.15) is 29.8 Å². The Morgan fingerprint density at radius 2 is 1.64 bits per heavy atom. The summed E-state index contributed by atoms with van der Waals surface area (Å²) in [5.41, 5.74) is 3.75. The van der Waals surface area contributed by atoms with Crippen LogP contribution in [0, 0.1) is 22.7 Å². The van der Waals surface area contributed by atoms with E-state index in [0.29, 0.717) is 41.8 Å². The first kappa shape index (κ1) is 45.5. The Hall–Kier alpha value is -3.65. The number of nitrogens with one attached hydrogen (secondary N) is 2. The molecule has 2 aromatic carbocycles. The standard InChI is InChI=1S/C52H71N3O9/c1-6-8-10-21-51(22-11-9-7-2)62-42-40-30-52(48(59)54-31-34-15-13-17-37(28-34)46(57)53-24-25-56)44(47(58)60-40)55(64-45(52)43(42)63-51)32-35-16-12-14-33(26-35)27-36-18-19-41-50(5,61-41)23-20-39-38(36)29-49(39,3)4/h12-17,26-28,38-45,56H,6-11,18-25,29-32H2,1-5H3,(H,53,57)(H,54,59)/t38-,39-,40-,41?,42+,43+,44-,45-,50-,52-/m1/s1. The topological polar surface area (TPSA) is 148 Å². The van der Waals surface area contributed by atoms with Crippen LogP contribution in [0.1, 0.15) is 152 Å². The molecule has 64 heavy (non-hydrogen) atoms. The van der Waals surface area contributed by atoms with Gasteiger partial charge in [-0.1, -0.05) is 101 Å². The average Bonchev–Trinajstić information content (AvgIpc) is 3.55. The molecule has 7 aliphatic rings. The zero-order chi connectivity index (χ0) is 44.9. The Bertz CT molecular complexity index is 2080. The highest BCUT2D eigenvalue weighted by Gasteiger charge is 2.76. The van der Waals surface area contributed by atoms with Crippen molar-refractivity contribution in [1.29, 1.82) is 0 Å². The lowest BCUT2D eigenvalue weighted by atomic mass is 9.52. The number of nitrogens with zero attached hydrogens (tertiary/aromatic N) is 1. The number of rotatable bonds is 17. The fraction of sp³-hybridized carbons (Fsp3) is 0.673. The Morgan fingerprint density at radius 1 is 0.891 bits per heavy atom. The minimum atomic E-state index is -1.33. The van der Waals surface area contributed by atoms with Gasteiger partial charge < -0.3 is 34.7 Å². The van der Waals surface area contributed by atoms with Crippen LogP contribution < -0.4 is 10.6 Å². The van der Waals surface area contributed by atoms with E-state index < -0.39 is 47.6 Å². The predicted molar refractivity (Wildman–Crippen MR) is 241 cm³/mol. The zero-order valence-electron chi connectivity index (χ0n) is 38.7. The van der Waals surface area contributed by atoms with E-state index in [1.54, 1.807) is 23.3 Å². The lowest BCUT2D eigenvalue weighted by Gasteiger charge is -2.53. The molecule has 4 aliphatic heterocycles. The maximum atomic E-state index is 15.1. The molecule has 1 unspecified atom stereocenters. The number of allylic oxidation sites excluding steroid dienone is 1. The minimum absolute atomic E-state index is 0.0262. The second kappa shape index (κ2) is 18.2. The van der Waals surface area contributed by atoms with Crippen molar-refractivity contribution in [3.63, 3.8) is 0 Å². The third-order valence-electron chi connectivity index (χ3n) is 16.1. The molecule has 0 spiro atoms. The van der Waals surface area contributed by atoms with Gasteiger partial charge in [0.25, 0.3) is 5.91 Å². The van der Waals surface area contributed by atoms with Crippen molar-refractivity contribution in [1.82, 2.24) is 15.7 Å². The van der Waals surface area contributed by atoms with E-state index in [1.165, 1.54) is 18.4 Å². The Labute approximate surface area is 379 Å². The molecule has 12 heteroatoms. The number of carbonyl (C=O) groups is 3. The minimum Gasteiger partial charge on any atom is -0.458 e. The van der Waals surface area contributed by atoms with Crippen LogP contribution in [-0.4, -0.2) is 89.1 Å². The molecule has 10 atom stereocenters. The Morgan fingerprint density at radius 3 is 2.39 bits per heavy atom. The molecule has 2 amide bonds. The maximum Gasteiger partial charge on any atom is 0.327 e. The number of hydrogen-bond donors (Lipinski definition) is 3. The average molecular weight is 882 g/mol. The number of amides is 2. The Balaban J connectivity index is 1.01. The maximum absolute atomic E-state index is 15.1. The van der Waals surface area contributed by atoms with Crippen molar-refractivity contribution in [3.05, 3.63) is 76.4 Å². The molecule has 7 fully saturated rings. The van der Waals surface area contributed by atoms with Gasteiger partial charge >= 0.3 is 5.97 Å². The predicted octanol–water partition coefficient (Wildman–Crippen LogP) is 7.94. The van der Waals surface area contributed by atoms with Crippen molar-refractivity contribution in [3.8, 4) is 0 Å². The van der Waals surface area contributed by atoms with Gasteiger partial charge in [-0.05, 0) is 97.9 Å². The first-order valence-electron chi connectivity index (χ1n) is 24.5. The van der Waals surface area contributed by atoms with E-state index in [1.807, 2.05) is 6.07 Å². The molecule has 0 aromatic heterocycles. The van der Waals surface area contributed by atoms with Crippen LogP contribution in [0.2, 0.25) is 0 Å². The van der Waals surface area contributed by atoms with E-state index in [2.05, 4.69) is 75.6 Å². The second-order valence-corrected chi connectivity index (χ2v) is 20.9. The van der Waals surface area contributed by atoms with Crippen molar-refractivity contribution >= 4 is 23.9 Å². The number of carbonyl (C=O) groups excluding carboxylic acids is 3. The van der Waals surface area contributed by atoms with E-state index in [4.69, 9.17) is 23.8 Å². The van der Waals surface area contributed by atoms with Crippen LogP contribution in [0.4, 0.5) is 0 Å². The number of fused-ring (bicyclic) bond motifs is 6. The van der Waals surface area contributed by atoms with Crippen molar-refractivity contribution < 1.29 is 43.3 Å². The zero-order valence-corrected chi connectivity index (χ0v) is 38.7. The summed E-state index contributed by atoms with van der Waals surface area (Å²) in [5.74, 6) is -0.779. The number of aliphatic hydroxyl groups is 1. The molecule has 9 rings (SSSR count). The molecule has 12 nitrogen and oxygen atoms in total.